The van der Waals surface area contributed by atoms with Crippen LogP contribution in [0.4, 0.5) is 11.4 Å². The molecule has 0 saturated carbocycles. The number of nitrogens with one attached hydrogen (secondary N) is 3. The Balaban J connectivity index is 1.49. The van der Waals surface area contributed by atoms with Crippen molar-refractivity contribution in [3.05, 3.63) is 66.3 Å². The topological polar surface area (TPSA) is 99.8 Å². The van der Waals surface area contributed by atoms with Crippen molar-refractivity contribution >= 4 is 29.3 Å². The summed E-state index contributed by atoms with van der Waals surface area (Å²) in [5.41, 5.74) is 5.12. The molecule has 0 bridgehead atoms. The van der Waals surface area contributed by atoms with Crippen molar-refractivity contribution in [3.63, 3.8) is 0 Å². The third kappa shape index (κ3) is 3.77. The van der Waals surface area contributed by atoms with E-state index in [2.05, 4.69) is 25.8 Å². The largest absolute Gasteiger partial charge is 0.326 e. The zero-order valence-corrected chi connectivity index (χ0v) is 14.4. The number of hydrogen-bond donors (Lipinski definition) is 3. The van der Waals surface area contributed by atoms with Crippen LogP contribution in [0.2, 0.25) is 0 Å². The lowest BCUT2D eigenvalue weighted by Gasteiger charge is -2.17. The highest BCUT2D eigenvalue weighted by Crippen LogP contribution is 2.26. The molecule has 0 atom stereocenters. The zero-order chi connectivity index (χ0) is 18.6. The number of anilines is 2. The lowest BCUT2D eigenvalue weighted by molar-refractivity contribution is -0.116. The molecule has 0 radical (unpaired) electrons. The number of aromatic nitrogens is 3. The number of carbonyl (C=O) groups excluding carboxylic acids is 2. The fraction of sp³-hybridized carbons (Fsp3) is 0.100. The minimum Gasteiger partial charge on any atom is -0.326 e. The van der Waals surface area contributed by atoms with Gasteiger partial charge in [-0.25, -0.2) is 0 Å². The number of amides is 2. The van der Waals surface area contributed by atoms with Gasteiger partial charge in [-0.15, -0.1) is 0 Å². The predicted molar refractivity (Wildman–Crippen MR) is 103 cm³/mol. The predicted octanol–water partition coefficient (Wildman–Crippen LogP) is 3.01. The fourth-order valence-corrected chi connectivity index (χ4v) is 3.00. The number of aromatic amines is 1. The van der Waals surface area contributed by atoms with Crippen molar-refractivity contribution in [3.8, 4) is 11.1 Å². The summed E-state index contributed by atoms with van der Waals surface area (Å²) in [6.07, 6.45) is 11.3. The van der Waals surface area contributed by atoms with Gasteiger partial charge < -0.3 is 10.6 Å². The van der Waals surface area contributed by atoms with Gasteiger partial charge in [0.2, 0.25) is 11.8 Å². The molecule has 3 heterocycles. The van der Waals surface area contributed by atoms with Crippen molar-refractivity contribution in [2.75, 3.05) is 10.6 Å². The summed E-state index contributed by atoms with van der Waals surface area (Å²) < 4.78 is 0. The van der Waals surface area contributed by atoms with Crippen LogP contribution in [0.1, 0.15) is 17.5 Å². The van der Waals surface area contributed by atoms with Crippen molar-refractivity contribution < 1.29 is 9.59 Å². The van der Waals surface area contributed by atoms with E-state index in [1.54, 1.807) is 36.9 Å². The molecular formula is C20H17N5O2. The molecule has 3 N–H and O–H groups in total. The van der Waals surface area contributed by atoms with Gasteiger partial charge in [0.15, 0.2) is 0 Å². The summed E-state index contributed by atoms with van der Waals surface area (Å²) in [4.78, 5) is 27.9. The third-order valence-corrected chi connectivity index (χ3v) is 4.35. The number of hydrogen-bond acceptors (Lipinski definition) is 4. The van der Waals surface area contributed by atoms with E-state index < -0.39 is 0 Å². The van der Waals surface area contributed by atoms with Gasteiger partial charge in [0.05, 0.1) is 6.20 Å². The second-order valence-corrected chi connectivity index (χ2v) is 6.19. The Bertz CT molecular complexity index is 1020. The summed E-state index contributed by atoms with van der Waals surface area (Å²) in [7, 11) is 0. The van der Waals surface area contributed by atoms with E-state index in [-0.39, 0.29) is 11.8 Å². The van der Waals surface area contributed by atoms with Gasteiger partial charge in [-0.3, -0.25) is 19.7 Å². The summed E-state index contributed by atoms with van der Waals surface area (Å²) in [6.45, 7) is 0. The van der Waals surface area contributed by atoms with Crippen LogP contribution in [0.15, 0.2) is 55.1 Å². The number of fused-ring (bicyclic) bond motifs is 1. The Morgan fingerprint density at radius 2 is 2.11 bits per heavy atom. The van der Waals surface area contributed by atoms with E-state index in [0.717, 1.165) is 27.9 Å². The average molecular weight is 359 g/mol. The molecule has 27 heavy (non-hydrogen) atoms. The number of aryl methyl sites for hydroxylation is 1. The van der Waals surface area contributed by atoms with Gasteiger partial charge in [-0.2, -0.15) is 5.10 Å². The quantitative estimate of drug-likeness (QED) is 0.624. The molecule has 1 aliphatic heterocycles. The molecule has 0 fully saturated rings. The van der Waals surface area contributed by atoms with Crippen LogP contribution >= 0.6 is 0 Å². The molecular weight excluding hydrogens is 342 g/mol. The van der Waals surface area contributed by atoms with Crippen LogP contribution in [0, 0.1) is 0 Å². The summed E-state index contributed by atoms with van der Waals surface area (Å²) in [5.74, 6) is -0.270. The number of H-pyrrole nitrogens is 1. The first-order valence-corrected chi connectivity index (χ1v) is 8.54. The molecule has 2 aromatic heterocycles. The minimum atomic E-state index is -0.265. The maximum Gasteiger partial charge on any atom is 0.248 e. The molecule has 134 valence electrons. The van der Waals surface area contributed by atoms with Crippen molar-refractivity contribution in [2.45, 2.75) is 12.8 Å². The highest BCUT2D eigenvalue weighted by Gasteiger charge is 2.15. The van der Waals surface area contributed by atoms with E-state index in [9.17, 15) is 9.59 Å². The average Bonchev–Trinajstić information content (AvgIpc) is 3.21. The highest BCUT2D eigenvalue weighted by atomic mass is 16.2. The Morgan fingerprint density at radius 3 is 2.96 bits per heavy atom. The molecule has 0 saturated heterocycles. The highest BCUT2D eigenvalue weighted by molar-refractivity contribution is 6.03. The first kappa shape index (κ1) is 16.7. The number of carbonyl (C=O) groups is 2. The maximum atomic E-state index is 12.3. The van der Waals surface area contributed by atoms with Gasteiger partial charge in [-0.05, 0) is 41.8 Å². The minimum absolute atomic E-state index is 0.00535. The van der Waals surface area contributed by atoms with Gasteiger partial charge >= 0.3 is 0 Å². The third-order valence-electron chi connectivity index (χ3n) is 4.35. The Hall–Kier alpha value is -3.74. The van der Waals surface area contributed by atoms with E-state index >= 15 is 0 Å². The zero-order valence-electron chi connectivity index (χ0n) is 14.4. The van der Waals surface area contributed by atoms with Crippen LogP contribution in [0.3, 0.4) is 0 Å². The normalized spacial score (nSPS) is 13.3. The van der Waals surface area contributed by atoms with Gasteiger partial charge in [0.25, 0.3) is 0 Å². The fourth-order valence-electron chi connectivity index (χ4n) is 3.00. The van der Waals surface area contributed by atoms with Gasteiger partial charge in [-0.1, -0.05) is 6.07 Å². The van der Waals surface area contributed by atoms with Crippen LogP contribution in [-0.4, -0.2) is 27.0 Å². The number of rotatable bonds is 4. The van der Waals surface area contributed by atoms with E-state index in [1.165, 1.54) is 6.08 Å². The SMILES string of the molecule is O=C(/C=C/c1cnccc1-c1cn[nH]c1)Nc1ccc2c(c1)NC(=O)CC2. The summed E-state index contributed by atoms with van der Waals surface area (Å²) >= 11 is 0. The molecule has 7 nitrogen and oxygen atoms in total. The second kappa shape index (κ2) is 7.25. The molecule has 4 rings (SSSR count). The Kier molecular flexibility index (Phi) is 4.49. The van der Waals surface area contributed by atoms with Crippen LogP contribution in [-0.2, 0) is 16.0 Å². The van der Waals surface area contributed by atoms with E-state index in [0.29, 0.717) is 18.5 Å². The molecule has 2 amide bonds. The molecule has 0 spiro atoms. The molecule has 7 heteroatoms. The van der Waals surface area contributed by atoms with Crippen LogP contribution < -0.4 is 10.6 Å². The van der Waals surface area contributed by atoms with Crippen molar-refractivity contribution in [1.82, 2.24) is 15.2 Å². The lowest BCUT2D eigenvalue weighted by Crippen LogP contribution is -2.19. The summed E-state index contributed by atoms with van der Waals surface area (Å²) in [6, 6.07) is 7.41. The van der Waals surface area contributed by atoms with Crippen LogP contribution in [0.25, 0.3) is 17.2 Å². The number of benzene rings is 1. The van der Waals surface area contributed by atoms with Crippen LogP contribution in [0.5, 0.6) is 0 Å². The second-order valence-electron chi connectivity index (χ2n) is 6.19. The lowest BCUT2D eigenvalue weighted by atomic mass is 10.0. The molecule has 0 aliphatic carbocycles. The molecule has 1 aromatic carbocycles. The molecule has 3 aromatic rings. The van der Waals surface area contributed by atoms with Gasteiger partial charge in [0.1, 0.15) is 0 Å². The van der Waals surface area contributed by atoms with E-state index in [4.69, 9.17) is 0 Å². The van der Waals surface area contributed by atoms with Crippen molar-refractivity contribution in [1.29, 1.82) is 0 Å². The molecule has 1 aliphatic rings. The number of nitrogens with zero attached hydrogens (tertiary/aromatic N) is 2. The standard InChI is InChI=1S/C20H17N5O2/c26-19(24-16-4-1-13-2-5-20(27)25-18(13)9-16)6-3-14-10-21-8-7-17(14)15-11-22-23-12-15/h1,3-4,6-12H,2,5H2,(H,22,23)(H,24,26)(H,25,27)/b6-3+. The first-order chi connectivity index (χ1) is 13.2. The van der Waals surface area contributed by atoms with E-state index in [1.807, 2.05) is 18.2 Å². The van der Waals surface area contributed by atoms with Crippen molar-refractivity contribution in [2.24, 2.45) is 0 Å². The molecule has 0 unspecified atom stereocenters. The Labute approximate surface area is 155 Å². The smallest absolute Gasteiger partial charge is 0.248 e. The first-order valence-electron chi connectivity index (χ1n) is 8.54. The number of pyridine rings is 1. The van der Waals surface area contributed by atoms with Gasteiger partial charge in [0, 0.05) is 53.6 Å². The summed E-state index contributed by atoms with van der Waals surface area (Å²) in [5, 5.41) is 12.4. The Morgan fingerprint density at radius 1 is 1.19 bits per heavy atom. The monoisotopic (exact) mass is 359 g/mol. The maximum absolute atomic E-state index is 12.3.